The Balaban J connectivity index is 2.28. The molecule has 0 saturated heterocycles. The molecule has 0 amide bonds. The van der Waals surface area contributed by atoms with E-state index in [1.165, 1.54) is 35.6 Å². The highest BCUT2D eigenvalue weighted by atomic mass is 16.5. The molecule has 0 aliphatic rings. The lowest BCUT2D eigenvalue weighted by molar-refractivity contribution is 0.415. The number of hydrogen-bond acceptors (Lipinski definition) is 2. The summed E-state index contributed by atoms with van der Waals surface area (Å²) in [6, 6.07) is 13.4. The number of ether oxygens (including phenoxy) is 1. The Hall–Kier alpha value is -1.54. The lowest BCUT2D eigenvalue weighted by atomic mass is 9.96. The molecule has 0 radical (unpaired) electrons. The summed E-state index contributed by atoms with van der Waals surface area (Å²) in [4.78, 5) is 0. The zero-order valence-corrected chi connectivity index (χ0v) is 12.8. The van der Waals surface area contributed by atoms with Gasteiger partial charge in [0.2, 0.25) is 0 Å². The lowest BCUT2D eigenvalue weighted by Gasteiger charge is -2.17. The molecule has 0 aliphatic heterocycles. The van der Waals surface area contributed by atoms with Gasteiger partial charge < -0.3 is 10.1 Å². The molecule has 20 heavy (non-hydrogen) atoms. The van der Waals surface area contributed by atoms with E-state index in [4.69, 9.17) is 4.74 Å². The van der Waals surface area contributed by atoms with Gasteiger partial charge >= 0.3 is 0 Å². The normalized spacial score (nSPS) is 12.6. The fraction of sp³-hybridized carbons (Fsp3) is 0.444. The third-order valence-corrected chi connectivity index (χ3v) is 3.96. The van der Waals surface area contributed by atoms with Gasteiger partial charge in [-0.15, -0.1) is 0 Å². The minimum absolute atomic E-state index is 0.548. The summed E-state index contributed by atoms with van der Waals surface area (Å²) in [7, 11) is 3.79. The predicted molar refractivity (Wildman–Crippen MR) is 86.6 cm³/mol. The average Bonchev–Trinajstić information content (AvgIpc) is 2.51. The largest absolute Gasteiger partial charge is 0.497 e. The highest BCUT2D eigenvalue weighted by molar-refractivity contribution is 5.87. The maximum atomic E-state index is 5.36. The van der Waals surface area contributed by atoms with Gasteiger partial charge in [0.05, 0.1) is 7.11 Å². The van der Waals surface area contributed by atoms with Crippen molar-refractivity contribution < 1.29 is 4.74 Å². The van der Waals surface area contributed by atoms with Crippen molar-refractivity contribution in [3.8, 4) is 5.75 Å². The van der Waals surface area contributed by atoms with Crippen LogP contribution in [0.4, 0.5) is 0 Å². The van der Waals surface area contributed by atoms with Crippen LogP contribution in [0.15, 0.2) is 36.4 Å². The summed E-state index contributed by atoms with van der Waals surface area (Å²) >= 11 is 0. The number of fused-ring (bicyclic) bond motifs is 1. The molecule has 0 bridgehead atoms. The lowest BCUT2D eigenvalue weighted by Crippen LogP contribution is -2.27. The molecule has 0 spiro atoms. The van der Waals surface area contributed by atoms with Crippen molar-refractivity contribution in [1.29, 1.82) is 0 Å². The smallest absolute Gasteiger partial charge is 0.119 e. The number of likely N-dealkylation sites (N-methyl/N-ethyl adjacent to an activating group) is 1. The second-order valence-corrected chi connectivity index (χ2v) is 5.34. The summed E-state index contributed by atoms with van der Waals surface area (Å²) in [5, 5.41) is 6.04. The van der Waals surface area contributed by atoms with Crippen LogP contribution in [0.2, 0.25) is 0 Å². The van der Waals surface area contributed by atoms with Gasteiger partial charge in [0.1, 0.15) is 5.75 Å². The van der Waals surface area contributed by atoms with Crippen molar-refractivity contribution in [3.63, 3.8) is 0 Å². The van der Waals surface area contributed by atoms with Gasteiger partial charge in [0.25, 0.3) is 0 Å². The van der Waals surface area contributed by atoms with Gasteiger partial charge in [-0.2, -0.15) is 0 Å². The molecular formula is C18H25NO. The van der Waals surface area contributed by atoms with Crippen LogP contribution in [-0.4, -0.2) is 20.2 Å². The van der Waals surface area contributed by atoms with Crippen molar-refractivity contribution >= 4 is 10.8 Å². The Labute approximate surface area is 122 Å². The molecule has 2 heteroatoms. The fourth-order valence-corrected chi connectivity index (χ4v) is 2.69. The zero-order valence-electron chi connectivity index (χ0n) is 12.8. The summed E-state index contributed by atoms with van der Waals surface area (Å²) < 4.78 is 5.36. The Bertz CT molecular complexity index is 550. The van der Waals surface area contributed by atoms with Crippen LogP contribution in [-0.2, 0) is 6.42 Å². The highest BCUT2D eigenvalue weighted by Crippen LogP contribution is 2.25. The Morgan fingerprint density at radius 3 is 2.75 bits per heavy atom. The van der Waals surface area contributed by atoms with E-state index >= 15 is 0 Å². The molecule has 1 N–H and O–H groups in total. The standard InChI is InChI=1S/C18H25NO/c1-4-5-9-16(19-2)12-15-8-6-7-14-10-11-17(20-3)13-18(14)15/h6-8,10-11,13,16,19H,4-5,9,12H2,1-3H3. The van der Waals surface area contributed by atoms with E-state index in [-0.39, 0.29) is 0 Å². The van der Waals surface area contributed by atoms with Crippen LogP contribution in [0.5, 0.6) is 5.75 Å². The first-order valence-corrected chi connectivity index (χ1v) is 7.51. The van der Waals surface area contributed by atoms with Gasteiger partial charge in [-0.1, -0.05) is 44.0 Å². The molecule has 1 atom stereocenters. The number of nitrogens with one attached hydrogen (secondary N) is 1. The Kier molecular flexibility index (Phi) is 5.42. The monoisotopic (exact) mass is 271 g/mol. The maximum Gasteiger partial charge on any atom is 0.119 e. The van der Waals surface area contributed by atoms with Gasteiger partial charge in [-0.05, 0) is 48.4 Å². The first kappa shape index (κ1) is 14.9. The molecule has 0 saturated carbocycles. The zero-order chi connectivity index (χ0) is 14.4. The van der Waals surface area contributed by atoms with Crippen LogP contribution in [0.3, 0.4) is 0 Å². The SMILES string of the molecule is CCCCC(Cc1cccc2ccc(OC)cc12)NC. The van der Waals surface area contributed by atoms with E-state index in [0.29, 0.717) is 6.04 Å². The Morgan fingerprint density at radius 1 is 1.20 bits per heavy atom. The van der Waals surface area contributed by atoms with E-state index in [1.807, 2.05) is 6.07 Å². The quantitative estimate of drug-likeness (QED) is 0.816. The fourth-order valence-electron chi connectivity index (χ4n) is 2.69. The first-order valence-electron chi connectivity index (χ1n) is 7.51. The van der Waals surface area contributed by atoms with E-state index in [2.05, 4.69) is 49.6 Å². The molecule has 1 unspecified atom stereocenters. The summed E-state index contributed by atoms with van der Waals surface area (Å²) in [5.74, 6) is 0.930. The van der Waals surface area contributed by atoms with Crippen LogP contribution in [0, 0.1) is 0 Å². The second kappa shape index (κ2) is 7.30. The molecule has 2 rings (SSSR count). The number of hydrogen-bond donors (Lipinski definition) is 1. The molecule has 2 aromatic rings. The van der Waals surface area contributed by atoms with Gasteiger partial charge in [-0.25, -0.2) is 0 Å². The maximum absolute atomic E-state index is 5.36. The number of unbranched alkanes of at least 4 members (excludes halogenated alkanes) is 1. The topological polar surface area (TPSA) is 21.3 Å². The minimum atomic E-state index is 0.548. The van der Waals surface area contributed by atoms with E-state index < -0.39 is 0 Å². The van der Waals surface area contributed by atoms with Gasteiger partial charge in [0.15, 0.2) is 0 Å². The van der Waals surface area contributed by atoms with Crippen LogP contribution >= 0.6 is 0 Å². The van der Waals surface area contributed by atoms with Crippen molar-refractivity contribution in [3.05, 3.63) is 42.0 Å². The Morgan fingerprint density at radius 2 is 2.05 bits per heavy atom. The van der Waals surface area contributed by atoms with E-state index in [1.54, 1.807) is 7.11 Å². The minimum Gasteiger partial charge on any atom is -0.497 e. The molecule has 0 aromatic heterocycles. The summed E-state index contributed by atoms with van der Waals surface area (Å²) in [6.45, 7) is 2.25. The molecule has 2 aromatic carbocycles. The summed E-state index contributed by atoms with van der Waals surface area (Å²) in [6.07, 6.45) is 4.83. The molecule has 0 fully saturated rings. The second-order valence-electron chi connectivity index (χ2n) is 5.34. The van der Waals surface area contributed by atoms with Gasteiger partial charge in [0, 0.05) is 6.04 Å². The third kappa shape index (κ3) is 3.51. The van der Waals surface area contributed by atoms with E-state index in [0.717, 1.165) is 12.2 Å². The average molecular weight is 271 g/mol. The van der Waals surface area contributed by atoms with E-state index in [9.17, 15) is 0 Å². The number of rotatable bonds is 7. The molecular weight excluding hydrogens is 246 g/mol. The predicted octanol–water partition coefficient (Wildman–Crippen LogP) is 4.17. The molecule has 108 valence electrons. The van der Waals surface area contributed by atoms with Crippen molar-refractivity contribution in [2.75, 3.05) is 14.2 Å². The van der Waals surface area contributed by atoms with Crippen LogP contribution in [0.1, 0.15) is 31.7 Å². The molecule has 2 nitrogen and oxygen atoms in total. The number of methoxy groups -OCH3 is 1. The third-order valence-electron chi connectivity index (χ3n) is 3.96. The highest BCUT2D eigenvalue weighted by Gasteiger charge is 2.09. The van der Waals surface area contributed by atoms with Crippen LogP contribution in [0.25, 0.3) is 10.8 Å². The number of benzene rings is 2. The first-order chi connectivity index (χ1) is 9.78. The van der Waals surface area contributed by atoms with Crippen molar-refractivity contribution in [2.24, 2.45) is 0 Å². The van der Waals surface area contributed by atoms with Gasteiger partial charge in [-0.3, -0.25) is 0 Å². The summed E-state index contributed by atoms with van der Waals surface area (Å²) in [5.41, 5.74) is 1.40. The van der Waals surface area contributed by atoms with Crippen LogP contribution < -0.4 is 10.1 Å². The molecule has 0 aliphatic carbocycles. The van der Waals surface area contributed by atoms with Crippen molar-refractivity contribution in [1.82, 2.24) is 5.32 Å². The molecule has 0 heterocycles. The van der Waals surface area contributed by atoms with Crippen molar-refractivity contribution in [2.45, 2.75) is 38.6 Å².